The highest BCUT2D eigenvalue weighted by Crippen LogP contribution is 2.25. The average Bonchev–Trinajstić information content (AvgIpc) is 2.46. The standard InChI is InChI=1S/C15H15ClN2O2/c1-3-7-20-15(19)13-8-11(9-18-14(13)16)12-5-4-6-17-10(12)2/h4-6,8-9H,3,7H2,1-2H3. The van der Waals surface area contributed by atoms with Crippen molar-refractivity contribution in [1.82, 2.24) is 9.97 Å². The molecule has 0 aromatic carbocycles. The van der Waals surface area contributed by atoms with Gasteiger partial charge in [-0.3, -0.25) is 4.98 Å². The van der Waals surface area contributed by atoms with Crippen LogP contribution >= 0.6 is 11.6 Å². The zero-order chi connectivity index (χ0) is 14.5. The lowest BCUT2D eigenvalue weighted by molar-refractivity contribution is 0.0505. The van der Waals surface area contributed by atoms with E-state index in [1.807, 2.05) is 26.0 Å². The minimum absolute atomic E-state index is 0.149. The first kappa shape index (κ1) is 14.5. The maximum atomic E-state index is 11.9. The van der Waals surface area contributed by atoms with E-state index in [9.17, 15) is 4.79 Å². The van der Waals surface area contributed by atoms with Gasteiger partial charge in [-0.25, -0.2) is 9.78 Å². The number of carbonyl (C=O) groups is 1. The topological polar surface area (TPSA) is 52.1 Å². The maximum absolute atomic E-state index is 11.9. The number of halogens is 1. The van der Waals surface area contributed by atoms with E-state index < -0.39 is 5.97 Å². The smallest absolute Gasteiger partial charge is 0.341 e. The van der Waals surface area contributed by atoms with E-state index in [-0.39, 0.29) is 10.7 Å². The third-order valence-electron chi connectivity index (χ3n) is 2.81. The fourth-order valence-corrected chi connectivity index (χ4v) is 1.98. The number of hydrogen-bond donors (Lipinski definition) is 0. The molecule has 0 spiro atoms. The number of ether oxygens (including phenoxy) is 1. The minimum atomic E-state index is -0.451. The lowest BCUT2D eigenvalue weighted by Crippen LogP contribution is -2.07. The summed E-state index contributed by atoms with van der Waals surface area (Å²) in [6.45, 7) is 4.20. The third-order valence-corrected chi connectivity index (χ3v) is 3.12. The van der Waals surface area contributed by atoms with Crippen LogP contribution in [0, 0.1) is 6.92 Å². The molecule has 0 fully saturated rings. The second-order valence-electron chi connectivity index (χ2n) is 4.33. The Morgan fingerprint density at radius 1 is 1.40 bits per heavy atom. The molecule has 104 valence electrons. The molecule has 0 saturated heterocycles. The van der Waals surface area contributed by atoms with Crippen molar-refractivity contribution in [3.8, 4) is 11.1 Å². The summed E-state index contributed by atoms with van der Waals surface area (Å²) in [6.07, 6.45) is 4.11. The Labute approximate surface area is 122 Å². The largest absolute Gasteiger partial charge is 0.462 e. The van der Waals surface area contributed by atoms with Gasteiger partial charge in [-0.2, -0.15) is 0 Å². The molecule has 0 radical (unpaired) electrons. The molecule has 2 heterocycles. The molecule has 0 aliphatic carbocycles. The Kier molecular flexibility index (Phi) is 4.69. The molecule has 0 aliphatic rings. The molecule has 0 bridgehead atoms. The molecule has 0 amide bonds. The molecular formula is C15H15ClN2O2. The quantitative estimate of drug-likeness (QED) is 0.637. The molecule has 2 aromatic rings. The van der Waals surface area contributed by atoms with E-state index in [0.717, 1.165) is 23.2 Å². The van der Waals surface area contributed by atoms with Crippen molar-refractivity contribution >= 4 is 17.6 Å². The summed E-state index contributed by atoms with van der Waals surface area (Å²) in [5.74, 6) is -0.451. The van der Waals surface area contributed by atoms with Crippen LogP contribution < -0.4 is 0 Å². The van der Waals surface area contributed by atoms with Gasteiger partial charge in [0, 0.05) is 29.2 Å². The zero-order valence-electron chi connectivity index (χ0n) is 11.4. The van der Waals surface area contributed by atoms with Gasteiger partial charge in [-0.15, -0.1) is 0 Å². The van der Waals surface area contributed by atoms with Crippen molar-refractivity contribution in [2.75, 3.05) is 6.61 Å². The van der Waals surface area contributed by atoms with Crippen molar-refractivity contribution in [3.63, 3.8) is 0 Å². The van der Waals surface area contributed by atoms with E-state index in [4.69, 9.17) is 16.3 Å². The maximum Gasteiger partial charge on any atom is 0.341 e. The van der Waals surface area contributed by atoms with Gasteiger partial charge in [-0.1, -0.05) is 24.6 Å². The van der Waals surface area contributed by atoms with Crippen LogP contribution in [0.15, 0.2) is 30.6 Å². The number of esters is 1. The number of hydrogen-bond acceptors (Lipinski definition) is 4. The lowest BCUT2D eigenvalue weighted by atomic mass is 10.1. The highest BCUT2D eigenvalue weighted by atomic mass is 35.5. The minimum Gasteiger partial charge on any atom is -0.462 e. The number of nitrogens with zero attached hydrogens (tertiary/aromatic N) is 2. The predicted octanol–water partition coefficient (Wildman–Crippen LogP) is 3.67. The molecule has 2 aromatic heterocycles. The van der Waals surface area contributed by atoms with Crippen LogP contribution in [0.1, 0.15) is 29.4 Å². The number of aryl methyl sites for hydroxylation is 1. The summed E-state index contributed by atoms with van der Waals surface area (Å²) in [5.41, 5.74) is 2.86. The molecule has 0 aliphatic heterocycles. The van der Waals surface area contributed by atoms with Gasteiger partial charge in [0.1, 0.15) is 5.15 Å². The van der Waals surface area contributed by atoms with Crippen molar-refractivity contribution in [2.24, 2.45) is 0 Å². The van der Waals surface area contributed by atoms with Crippen LogP contribution in [0.3, 0.4) is 0 Å². The molecule has 0 unspecified atom stereocenters. The summed E-state index contributed by atoms with van der Waals surface area (Å²) in [5, 5.41) is 0.149. The van der Waals surface area contributed by atoms with E-state index in [0.29, 0.717) is 6.61 Å². The van der Waals surface area contributed by atoms with Gasteiger partial charge >= 0.3 is 5.97 Å². The lowest BCUT2D eigenvalue weighted by Gasteiger charge is -2.08. The van der Waals surface area contributed by atoms with Gasteiger partial charge in [0.15, 0.2) is 0 Å². The summed E-state index contributed by atoms with van der Waals surface area (Å²) in [6, 6.07) is 5.46. The molecule has 0 N–H and O–H groups in total. The van der Waals surface area contributed by atoms with Gasteiger partial charge in [0.25, 0.3) is 0 Å². The zero-order valence-corrected chi connectivity index (χ0v) is 12.1. The molecule has 0 saturated carbocycles. The van der Waals surface area contributed by atoms with Gasteiger partial charge < -0.3 is 4.74 Å². The van der Waals surface area contributed by atoms with Crippen molar-refractivity contribution < 1.29 is 9.53 Å². The van der Waals surface area contributed by atoms with Crippen LogP contribution in [0.2, 0.25) is 5.15 Å². The third kappa shape index (κ3) is 3.14. The van der Waals surface area contributed by atoms with Crippen LogP contribution in [-0.2, 0) is 4.74 Å². The Morgan fingerprint density at radius 3 is 2.90 bits per heavy atom. The second kappa shape index (κ2) is 6.48. The number of carbonyl (C=O) groups excluding carboxylic acids is 1. The van der Waals surface area contributed by atoms with E-state index in [1.165, 1.54) is 0 Å². The number of aromatic nitrogens is 2. The Morgan fingerprint density at radius 2 is 2.20 bits per heavy atom. The van der Waals surface area contributed by atoms with Gasteiger partial charge in [-0.05, 0) is 25.5 Å². The SMILES string of the molecule is CCCOC(=O)c1cc(-c2cccnc2C)cnc1Cl. The fourth-order valence-electron chi connectivity index (χ4n) is 1.80. The highest BCUT2D eigenvalue weighted by Gasteiger charge is 2.15. The Hall–Kier alpha value is -1.94. The summed E-state index contributed by atoms with van der Waals surface area (Å²) < 4.78 is 5.10. The van der Waals surface area contributed by atoms with E-state index >= 15 is 0 Å². The summed E-state index contributed by atoms with van der Waals surface area (Å²) in [4.78, 5) is 20.2. The van der Waals surface area contributed by atoms with E-state index in [1.54, 1.807) is 18.5 Å². The van der Waals surface area contributed by atoms with E-state index in [2.05, 4.69) is 9.97 Å². The van der Waals surface area contributed by atoms with Crippen LogP contribution in [0.5, 0.6) is 0 Å². The summed E-state index contributed by atoms with van der Waals surface area (Å²) >= 11 is 5.97. The van der Waals surface area contributed by atoms with Crippen LogP contribution in [0.25, 0.3) is 11.1 Å². The first-order chi connectivity index (χ1) is 9.63. The highest BCUT2D eigenvalue weighted by molar-refractivity contribution is 6.32. The normalized spacial score (nSPS) is 10.3. The first-order valence-electron chi connectivity index (χ1n) is 6.38. The summed E-state index contributed by atoms with van der Waals surface area (Å²) in [7, 11) is 0. The first-order valence-corrected chi connectivity index (χ1v) is 6.76. The fraction of sp³-hybridized carbons (Fsp3) is 0.267. The van der Waals surface area contributed by atoms with Gasteiger partial charge in [0.05, 0.1) is 12.2 Å². The Balaban J connectivity index is 2.39. The van der Waals surface area contributed by atoms with Gasteiger partial charge in [0.2, 0.25) is 0 Å². The van der Waals surface area contributed by atoms with Crippen LogP contribution in [0.4, 0.5) is 0 Å². The Bertz CT molecular complexity index is 629. The molecule has 0 atom stereocenters. The molecule has 4 nitrogen and oxygen atoms in total. The predicted molar refractivity (Wildman–Crippen MR) is 77.8 cm³/mol. The average molecular weight is 291 g/mol. The van der Waals surface area contributed by atoms with Crippen molar-refractivity contribution in [2.45, 2.75) is 20.3 Å². The molecule has 2 rings (SSSR count). The monoisotopic (exact) mass is 290 g/mol. The molecule has 20 heavy (non-hydrogen) atoms. The van der Waals surface area contributed by atoms with Crippen molar-refractivity contribution in [3.05, 3.63) is 47.0 Å². The molecule has 5 heteroatoms. The van der Waals surface area contributed by atoms with Crippen molar-refractivity contribution in [1.29, 1.82) is 0 Å². The molecular weight excluding hydrogens is 276 g/mol. The van der Waals surface area contributed by atoms with Crippen LogP contribution in [-0.4, -0.2) is 22.5 Å². The second-order valence-corrected chi connectivity index (χ2v) is 4.69. The number of rotatable bonds is 4. The number of pyridine rings is 2.